The number of unbranched alkanes of at least 4 members (excludes halogenated alkanes) is 28. The van der Waals surface area contributed by atoms with Crippen LogP contribution < -0.4 is 0 Å². The quantitative estimate of drug-likeness (QED) is 0.0261. The summed E-state index contributed by atoms with van der Waals surface area (Å²) >= 11 is 0. The number of carbonyl (C=O) groups is 3. The van der Waals surface area contributed by atoms with E-state index < -0.39 is 6.10 Å². The second-order valence-corrected chi connectivity index (χ2v) is 20.2. The molecule has 1 atom stereocenters. The third-order valence-electron chi connectivity index (χ3n) is 13.0. The van der Waals surface area contributed by atoms with Gasteiger partial charge in [0, 0.05) is 19.3 Å². The minimum absolute atomic E-state index is 0.102. The summed E-state index contributed by atoms with van der Waals surface area (Å²) in [4.78, 5) is 38.1. The van der Waals surface area contributed by atoms with E-state index in [2.05, 4.69) is 118 Å². The van der Waals surface area contributed by atoms with Crippen LogP contribution in [0.25, 0.3) is 0 Å². The van der Waals surface area contributed by atoms with E-state index in [0.717, 1.165) is 96.3 Å². The first-order chi connectivity index (χ1) is 36.0. The number of ether oxygens (including phenoxy) is 3. The van der Waals surface area contributed by atoms with Crippen molar-refractivity contribution in [1.29, 1.82) is 0 Å². The van der Waals surface area contributed by atoms with Gasteiger partial charge in [0.2, 0.25) is 0 Å². The number of allylic oxidation sites excluding steroid dienone is 16. The van der Waals surface area contributed by atoms with Crippen molar-refractivity contribution in [3.05, 3.63) is 97.2 Å². The normalized spacial score (nSPS) is 12.8. The van der Waals surface area contributed by atoms with Crippen LogP contribution in [0.1, 0.15) is 290 Å². The summed E-state index contributed by atoms with van der Waals surface area (Å²) in [5.74, 6) is -0.966. The molecule has 0 spiro atoms. The fourth-order valence-corrected chi connectivity index (χ4v) is 8.43. The minimum atomic E-state index is -0.811. The summed E-state index contributed by atoms with van der Waals surface area (Å²) in [5.41, 5.74) is 0. The van der Waals surface area contributed by atoms with Crippen molar-refractivity contribution in [1.82, 2.24) is 0 Å². The molecule has 0 aliphatic carbocycles. The highest BCUT2D eigenvalue weighted by molar-refractivity contribution is 5.71. The van der Waals surface area contributed by atoms with E-state index in [1.54, 1.807) is 0 Å². The zero-order valence-corrected chi connectivity index (χ0v) is 47.9. The van der Waals surface area contributed by atoms with Crippen LogP contribution >= 0.6 is 0 Å². The molecule has 0 fully saturated rings. The van der Waals surface area contributed by atoms with E-state index in [0.29, 0.717) is 19.3 Å². The van der Waals surface area contributed by atoms with Crippen molar-refractivity contribution >= 4 is 17.9 Å². The summed E-state index contributed by atoms with van der Waals surface area (Å²) < 4.78 is 16.8. The monoisotopic (exact) mass is 1010 g/mol. The Labute approximate surface area is 451 Å². The molecule has 0 radical (unpaired) electrons. The van der Waals surface area contributed by atoms with Crippen LogP contribution in [0, 0.1) is 0 Å². The maximum atomic E-state index is 12.8. The Morgan fingerprint density at radius 3 is 0.932 bits per heavy atom. The summed E-state index contributed by atoms with van der Waals surface area (Å²) in [7, 11) is 0. The van der Waals surface area contributed by atoms with E-state index >= 15 is 0 Å². The van der Waals surface area contributed by atoms with Gasteiger partial charge in [0.15, 0.2) is 6.10 Å². The molecule has 0 N–H and O–H groups in total. The van der Waals surface area contributed by atoms with Gasteiger partial charge in [-0.25, -0.2) is 0 Å². The number of hydrogen-bond acceptors (Lipinski definition) is 6. The lowest BCUT2D eigenvalue weighted by atomic mass is 10.0. The third kappa shape index (κ3) is 59.1. The minimum Gasteiger partial charge on any atom is -0.462 e. The molecule has 6 heteroatoms. The number of rotatable bonds is 55. The molecule has 6 nitrogen and oxygen atoms in total. The highest BCUT2D eigenvalue weighted by Crippen LogP contribution is 2.16. The fourth-order valence-electron chi connectivity index (χ4n) is 8.43. The lowest BCUT2D eigenvalue weighted by Crippen LogP contribution is -2.30. The van der Waals surface area contributed by atoms with E-state index in [1.807, 2.05) is 0 Å². The molecule has 418 valence electrons. The van der Waals surface area contributed by atoms with Gasteiger partial charge in [0.1, 0.15) is 13.2 Å². The Bertz CT molecular complexity index is 1440. The molecule has 0 bridgehead atoms. The Kier molecular flexibility index (Phi) is 57.8. The van der Waals surface area contributed by atoms with E-state index in [9.17, 15) is 14.4 Å². The van der Waals surface area contributed by atoms with Crippen LogP contribution in [-0.4, -0.2) is 37.2 Å². The van der Waals surface area contributed by atoms with Gasteiger partial charge in [0.25, 0.3) is 0 Å². The van der Waals surface area contributed by atoms with Gasteiger partial charge in [-0.05, 0) is 109 Å². The van der Waals surface area contributed by atoms with Crippen molar-refractivity contribution in [3.8, 4) is 0 Å². The number of carbonyl (C=O) groups excluding carboxylic acids is 3. The summed E-state index contributed by atoms with van der Waals surface area (Å²) in [6.45, 7) is 6.44. The van der Waals surface area contributed by atoms with Gasteiger partial charge in [-0.15, -0.1) is 0 Å². The van der Waals surface area contributed by atoms with E-state index in [-0.39, 0.29) is 37.5 Å². The number of hydrogen-bond donors (Lipinski definition) is 0. The molecule has 0 aliphatic heterocycles. The lowest BCUT2D eigenvalue weighted by Gasteiger charge is -2.18. The molecule has 73 heavy (non-hydrogen) atoms. The fraction of sp³-hybridized carbons (Fsp3) is 0.716. The molecule has 0 saturated carbocycles. The molecule has 0 aromatic heterocycles. The molecule has 0 aromatic rings. The second kappa shape index (κ2) is 60.9. The molecule has 0 heterocycles. The van der Waals surface area contributed by atoms with Crippen molar-refractivity contribution in [2.75, 3.05) is 13.2 Å². The maximum Gasteiger partial charge on any atom is 0.306 e. The maximum absolute atomic E-state index is 12.8. The second-order valence-electron chi connectivity index (χ2n) is 20.2. The summed E-state index contributed by atoms with van der Waals surface area (Å²) in [6.07, 6.45) is 81.4. The third-order valence-corrected chi connectivity index (χ3v) is 13.0. The van der Waals surface area contributed by atoms with Crippen molar-refractivity contribution < 1.29 is 28.6 Å². The van der Waals surface area contributed by atoms with Crippen molar-refractivity contribution in [2.24, 2.45) is 0 Å². The highest BCUT2D eigenvalue weighted by Gasteiger charge is 2.19. The predicted molar refractivity (Wildman–Crippen MR) is 316 cm³/mol. The van der Waals surface area contributed by atoms with Crippen molar-refractivity contribution in [3.63, 3.8) is 0 Å². The SMILES string of the molecule is CC/C=C\C/C=C\C/C=C\C/C=C\C/C=C\CCCC(=O)OC(COC(=O)CCCCCCC/C=C\CCCC)COC(=O)CCCCCCCCCCCCCCCCC/C=C\C/C=C\CCCCCCC. The van der Waals surface area contributed by atoms with Crippen LogP contribution in [0.2, 0.25) is 0 Å². The molecule has 0 rings (SSSR count). The van der Waals surface area contributed by atoms with E-state index in [1.165, 1.54) is 148 Å². The first kappa shape index (κ1) is 69.3. The zero-order valence-electron chi connectivity index (χ0n) is 47.9. The first-order valence-corrected chi connectivity index (χ1v) is 30.7. The topological polar surface area (TPSA) is 78.9 Å². The van der Waals surface area contributed by atoms with Crippen LogP contribution in [0.5, 0.6) is 0 Å². The Hall–Kier alpha value is -3.67. The zero-order chi connectivity index (χ0) is 52.9. The Balaban J connectivity index is 4.29. The standard InChI is InChI=1S/C67H114O6/c1-4-7-10-13-16-19-22-24-26-28-29-30-31-32-33-34-35-36-37-39-40-42-45-48-51-54-57-60-66(69)72-63-64(62-71-65(68)59-56-53-50-47-44-21-18-15-12-9-6-3)73-67(70)61-58-55-52-49-46-43-41-38-27-25-23-20-17-14-11-8-5-2/h8,11,15,17-18,20,22,24-25,27-29,41,43,49,52,64H,4-7,9-10,12-14,16,19,21,23,26,30-40,42,44-48,50-51,53-63H2,1-3H3/b11-8-,18-15-,20-17-,24-22-,27-25-,29-28-,43-41-,52-49-. The van der Waals surface area contributed by atoms with Crippen LogP contribution in [0.3, 0.4) is 0 Å². The molecular weight excluding hydrogens is 901 g/mol. The molecule has 0 aromatic carbocycles. The van der Waals surface area contributed by atoms with Gasteiger partial charge in [-0.2, -0.15) is 0 Å². The Morgan fingerprint density at radius 2 is 0.562 bits per heavy atom. The van der Waals surface area contributed by atoms with Crippen LogP contribution in [-0.2, 0) is 28.6 Å². The van der Waals surface area contributed by atoms with Gasteiger partial charge in [-0.3, -0.25) is 14.4 Å². The summed E-state index contributed by atoms with van der Waals surface area (Å²) in [5, 5.41) is 0. The molecular formula is C67H114O6. The average Bonchev–Trinajstić information content (AvgIpc) is 3.39. The summed E-state index contributed by atoms with van der Waals surface area (Å²) in [6, 6.07) is 0. The van der Waals surface area contributed by atoms with Crippen LogP contribution in [0.4, 0.5) is 0 Å². The van der Waals surface area contributed by atoms with Gasteiger partial charge in [-0.1, -0.05) is 259 Å². The first-order valence-electron chi connectivity index (χ1n) is 30.7. The predicted octanol–water partition coefficient (Wildman–Crippen LogP) is 20.9. The van der Waals surface area contributed by atoms with Gasteiger partial charge < -0.3 is 14.2 Å². The molecule has 0 aliphatic rings. The average molecular weight is 1020 g/mol. The Morgan fingerprint density at radius 1 is 0.288 bits per heavy atom. The largest absolute Gasteiger partial charge is 0.462 e. The van der Waals surface area contributed by atoms with Crippen LogP contribution in [0.15, 0.2) is 97.2 Å². The number of esters is 3. The van der Waals surface area contributed by atoms with Gasteiger partial charge >= 0.3 is 17.9 Å². The lowest BCUT2D eigenvalue weighted by molar-refractivity contribution is -0.167. The van der Waals surface area contributed by atoms with Crippen molar-refractivity contribution in [2.45, 2.75) is 297 Å². The van der Waals surface area contributed by atoms with Gasteiger partial charge in [0.05, 0.1) is 0 Å². The smallest absolute Gasteiger partial charge is 0.306 e. The van der Waals surface area contributed by atoms with E-state index in [4.69, 9.17) is 14.2 Å². The molecule has 0 saturated heterocycles. The molecule has 0 amide bonds. The molecule has 1 unspecified atom stereocenters. The highest BCUT2D eigenvalue weighted by atomic mass is 16.6.